The van der Waals surface area contributed by atoms with E-state index in [-0.39, 0.29) is 18.4 Å². The van der Waals surface area contributed by atoms with Crippen molar-refractivity contribution in [1.29, 1.82) is 0 Å². The van der Waals surface area contributed by atoms with Crippen LogP contribution in [0.2, 0.25) is 0 Å². The molecule has 7 heteroatoms. The predicted octanol–water partition coefficient (Wildman–Crippen LogP) is 6.36. The van der Waals surface area contributed by atoms with Gasteiger partial charge in [-0.15, -0.1) is 0 Å². The van der Waals surface area contributed by atoms with Gasteiger partial charge in [-0.05, 0) is 58.6 Å². The van der Waals surface area contributed by atoms with Crippen molar-refractivity contribution < 1.29 is 19.1 Å². The van der Waals surface area contributed by atoms with Gasteiger partial charge >= 0.3 is 6.09 Å². The summed E-state index contributed by atoms with van der Waals surface area (Å²) in [6.07, 6.45) is 8.78. The summed E-state index contributed by atoms with van der Waals surface area (Å²) >= 11 is 0. The maximum Gasteiger partial charge on any atom is 0.408 e. The van der Waals surface area contributed by atoms with Gasteiger partial charge in [0.2, 0.25) is 11.8 Å². The van der Waals surface area contributed by atoms with E-state index < -0.39 is 17.7 Å². The lowest BCUT2D eigenvalue weighted by Gasteiger charge is -2.33. The molecule has 0 heterocycles. The quantitative estimate of drug-likeness (QED) is 0.250. The molecule has 0 fully saturated rings. The minimum Gasteiger partial charge on any atom is -0.444 e. The van der Waals surface area contributed by atoms with E-state index in [4.69, 9.17) is 4.74 Å². The Morgan fingerprint density at radius 1 is 0.892 bits per heavy atom. The number of nitrogens with one attached hydrogen (secondary N) is 2. The number of alkyl carbamates (subject to hydrolysis) is 1. The van der Waals surface area contributed by atoms with Gasteiger partial charge in [-0.25, -0.2) is 4.79 Å². The number of carbonyl (C=O) groups excluding carboxylic acids is 3. The molecule has 2 N–H and O–H groups in total. The van der Waals surface area contributed by atoms with Crippen molar-refractivity contribution in [3.63, 3.8) is 0 Å². The van der Waals surface area contributed by atoms with E-state index in [1.54, 1.807) is 25.7 Å². The van der Waals surface area contributed by atoms with E-state index in [0.29, 0.717) is 13.1 Å². The number of aryl methyl sites for hydroxylation is 2. The Bertz CT molecular complexity index is 848. The van der Waals surface area contributed by atoms with Crippen molar-refractivity contribution in [1.82, 2.24) is 15.5 Å². The van der Waals surface area contributed by atoms with Crippen LogP contribution >= 0.6 is 0 Å². The summed E-state index contributed by atoms with van der Waals surface area (Å²) in [5, 5.41) is 5.65. The van der Waals surface area contributed by atoms with Crippen LogP contribution in [0.3, 0.4) is 0 Å². The molecule has 0 radical (unpaired) electrons. The third kappa shape index (κ3) is 13.0. The first-order valence-electron chi connectivity index (χ1n) is 14.1. The molecule has 0 aliphatic heterocycles. The van der Waals surface area contributed by atoms with Crippen molar-refractivity contribution in [2.75, 3.05) is 19.6 Å². The molecule has 0 aromatic heterocycles. The molecule has 3 amide bonds. The molecule has 0 spiro atoms. The number of rotatable bonds is 16. The first kappa shape index (κ1) is 32.5. The fourth-order valence-corrected chi connectivity index (χ4v) is 4.21. The van der Waals surface area contributed by atoms with E-state index in [2.05, 4.69) is 24.5 Å². The average Bonchev–Trinajstić information content (AvgIpc) is 2.82. The number of unbranched alkanes of at least 4 members (excludes halogenated alkanes) is 7. The largest absolute Gasteiger partial charge is 0.444 e. The fraction of sp³-hybridized carbons (Fsp3) is 0.700. The molecule has 0 bridgehead atoms. The molecule has 1 atom stereocenters. The van der Waals surface area contributed by atoms with Crippen molar-refractivity contribution in [2.24, 2.45) is 0 Å². The van der Waals surface area contributed by atoms with E-state index >= 15 is 0 Å². The zero-order chi connectivity index (χ0) is 27.8. The highest BCUT2D eigenvalue weighted by Gasteiger charge is 2.32. The standard InChI is InChI=1S/C30H51N3O4/c1-8-10-12-13-14-16-20-33(26(34)22-32-29(36)37-30(5,6)7)27(28(35)31-19-15-11-9-2)25-21-23(3)17-18-24(25)4/h17-18,21,27H,8-16,19-20,22H2,1-7H3,(H,31,35)(H,32,36). The first-order chi connectivity index (χ1) is 17.5. The normalized spacial score (nSPS) is 12.1. The lowest BCUT2D eigenvalue weighted by Crippen LogP contribution is -2.48. The smallest absolute Gasteiger partial charge is 0.408 e. The predicted molar refractivity (Wildman–Crippen MR) is 151 cm³/mol. The second-order valence-electron chi connectivity index (χ2n) is 11.0. The van der Waals surface area contributed by atoms with Crippen molar-refractivity contribution in [3.05, 3.63) is 34.9 Å². The lowest BCUT2D eigenvalue weighted by molar-refractivity contribution is -0.140. The molecule has 0 saturated heterocycles. The number of carbonyl (C=O) groups is 3. The van der Waals surface area contributed by atoms with Gasteiger partial charge < -0.3 is 20.3 Å². The van der Waals surface area contributed by atoms with Crippen LogP contribution in [0, 0.1) is 13.8 Å². The maximum absolute atomic E-state index is 13.6. The van der Waals surface area contributed by atoms with Gasteiger partial charge in [0.15, 0.2) is 0 Å². The van der Waals surface area contributed by atoms with Crippen LogP contribution < -0.4 is 10.6 Å². The summed E-state index contributed by atoms with van der Waals surface area (Å²) in [4.78, 5) is 41.0. The maximum atomic E-state index is 13.6. The van der Waals surface area contributed by atoms with Crippen molar-refractivity contribution in [3.8, 4) is 0 Å². The number of hydrogen-bond acceptors (Lipinski definition) is 4. The van der Waals surface area contributed by atoms with Gasteiger partial charge in [0.25, 0.3) is 0 Å². The molecule has 0 saturated carbocycles. The first-order valence-corrected chi connectivity index (χ1v) is 14.1. The Morgan fingerprint density at radius 2 is 1.51 bits per heavy atom. The minimum absolute atomic E-state index is 0.179. The molecule has 1 aromatic rings. The second kappa shape index (κ2) is 17.0. The van der Waals surface area contributed by atoms with Crippen LogP contribution in [-0.2, 0) is 14.3 Å². The zero-order valence-electron chi connectivity index (χ0n) is 24.4. The van der Waals surface area contributed by atoms with Gasteiger partial charge in [-0.1, -0.05) is 82.6 Å². The minimum atomic E-state index is -0.759. The summed E-state index contributed by atoms with van der Waals surface area (Å²) < 4.78 is 5.31. The summed E-state index contributed by atoms with van der Waals surface area (Å²) in [5.74, 6) is -0.476. The number of benzene rings is 1. The molecule has 1 unspecified atom stereocenters. The molecule has 0 aliphatic carbocycles. The molecular weight excluding hydrogens is 466 g/mol. The topological polar surface area (TPSA) is 87.7 Å². The van der Waals surface area contributed by atoms with Gasteiger partial charge in [-0.3, -0.25) is 9.59 Å². The summed E-state index contributed by atoms with van der Waals surface area (Å²) in [7, 11) is 0. The van der Waals surface area contributed by atoms with E-state index in [0.717, 1.165) is 55.2 Å². The van der Waals surface area contributed by atoms with Crippen LogP contribution in [0.25, 0.3) is 0 Å². The molecule has 1 rings (SSSR count). The Morgan fingerprint density at radius 3 is 2.16 bits per heavy atom. The Balaban J connectivity index is 3.19. The van der Waals surface area contributed by atoms with Gasteiger partial charge in [0.1, 0.15) is 18.2 Å². The number of amides is 3. The summed E-state index contributed by atoms with van der Waals surface area (Å²) in [6.45, 7) is 14.4. The SMILES string of the molecule is CCCCCCCCN(C(=O)CNC(=O)OC(C)(C)C)C(C(=O)NCCCCC)c1cc(C)ccc1C. The third-order valence-corrected chi connectivity index (χ3v) is 6.22. The number of nitrogens with zero attached hydrogens (tertiary/aromatic N) is 1. The Hall–Kier alpha value is -2.57. The highest BCUT2D eigenvalue weighted by Crippen LogP contribution is 2.27. The second-order valence-corrected chi connectivity index (χ2v) is 11.0. The summed E-state index contributed by atoms with van der Waals surface area (Å²) in [6, 6.07) is 5.24. The van der Waals surface area contributed by atoms with E-state index in [9.17, 15) is 14.4 Å². The van der Waals surface area contributed by atoms with Crippen LogP contribution in [-0.4, -0.2) is 48.0 Å². The van der Waals surface area contributed by atoms with Crippen LogP contribution in [0.1, 0.15) is 115 Å². The highest BCUT2D eigenvalue weighted by molar-refractivity contribution is 5.90. The number of ether oxygens (including phenoxy) is 1. The molecule has 37 heavy (non-hydrogen) atoms. The van der Waals surface area contributed by atoms with Gasteiger partial charge in [-0.2, -0.15) is 0 Å². The molecule has 0 aliphatic rings. The number of hydrogen-bond donors (Lipinski definition) is 2. The summed E-state index contributed by atoms with van der Waals surface area (Å²) in [5.41, 5.74) is 2.15. The molecular formula is C30H51N3O4. The van der Waals surface area contributed by atoms with Crippen molar-refractivity contribution >= 4 is 17.9 Å². The van der Waals surface area contributed by atoms with E-state index in [1.165, 1.54) is 19.3 Å². The van der Waals surface area contributed by atoms with Crippen LogP contribution in [0.4, 0.5) is 4.79 Å². The average molecular weight is 518 g/mol. The lowest BCUT2D eigenvalue weighted by atomic mass is 9.96. The fourth-order valence-electron chi connectivity index (χ4n) is 4.21. The molecule has 210 valence electrons. The Labute approximate surface area is 225 Å². The van der Waals surface area contributed by atoms with Gasteiger partial charge in [0.05, 0.1) is 0 Å². The van der Waals surface area contributed by atoms with E-state index in [1.807, 2.05) is 32.0 Å². The van der Waals surface area contributed by atoms with Crippen molar-refractivity contribution in [2.45, 2.75) is 118 Å². The molecule has 1 aromatic carbocycles. The third-order valence-electron chi connectivity index (χ3n) is 6.22. The van der Waals surface area contributed by atoms with Crippen LogP contribution in [0.15, 0.2) is 18.2 Å². The van der Waals surface area contributed by atoms with Gasteiger partial charge in [0, 0.05) is 13.1 Å². The highest BCUT2D eigenvalue weighted by atomic mass is 16.6. The monoisotopic (exact) mass is 517 g/mol. The Kier molecular flexibility index (Phi) is 14.9. The molecule has 7 nitrogen and oxygen atoms in total. The van der Waals surface area contributed by atoms with Crippen LogP contribution in [0.5, 0.6) is 0 Å². The zero-order valence-corrected chi connectivity index (χ0v) is 24.4.